The molecule has 0 saturated carbocycles. The summed E-state index contributed by atoms with van der Waals surface area (Å²) < 4.78 is 0. The first-order chi connectivity index (χ1) is 12.5. The highest BCUT2D eigenvalue weighted by atomic mass is 16.4. The molecule has 2 heterocycles. The van der Waals surface area contributed by atoms with Crippen LogP contribution in [0, 0.1) is 0 Å². The van der Waals surface area contributed by atoms with Crippen LogP contribution in [-0.2, 0) is 9.59 Å². The van der Waals surface area contributed by atoms with Crippen molar-refractivity contribution in [2.75, 3.05) is 26.2 Å². The maximum Gasteiger partial charge on any atom is 0.303 e. The Morgan fingerprint density at radius 1 is 1.04 bits per heavy atom. The summed E-state index contributed by atoms with van der Waals surface area (Å²) in [6.45, 7) is 2.02. The molecular weight excluding hydrogens is 336 g/mol. The van der Waals surface area contributed by atoms with Crippen molar-refractivity contribution in [2.24, 2.45) is 0 Å². The van der Waals surface area contributed by atoms with E-state index in [1.807, 2.05) is 6.07 Å². The Hall–Kier alpha value is -2.90. The number of aliphatic carboxylic acids is 1. The van der Waals surface area contributed by atoms with Gasteiger partial charge in [0.15, 0.2) is 0 Å². The number of amides is 2. The molecule has 0 atom stereocenters. The molecule has 2 aromatic rings. The fourth-order valence-corrected chi connectivity index (χ4v) is 3.12. The molecule has 0 unspecified atom stereocenters. The molecular formula is C18H22N4O4. The van der Waals surface area contributed by atoms with E-state index in [9.17, 15) is 14.4 Å². The molecule has 0 aliphatic carbocycles. The number of aromatic nitrogens is 2. The van der Waals surface area contributed by atoms with Gasteiger partial charge in [0.1, 0.15) is 0 Å². The summed E-state index contributed by atoms with van der Waals surface area (Å²) in [5.74, 6) is -0.852. The van der Waals surface area contributed by atoms with Gasteiger partial charge in [-0.1, -0.05) is 0 Å². The van der Waals surface area contributed by atoms with E-state index in [1.54, 1.807) is 28.3 Å². The number of hydrogen-bond acceptors (Lipinski definition) is 4. The first-order valence-electron chi connectivity index (χ1n) is 8.76. The molecule has 1 aliphatic heterocycles. The number of rotatable bonds is 6. The minimum absolute atomic E-state index is 0.0290. The number of nitrogens with one attached hydrogen (secondary N) is 1. The van der Waals surface area contributed by atoms with E-state index in [1.165, 1.54) is 0 Å². The second-order valence-electron chi connectivity index (χ2n) is 6.41. The Morgan fingerprint density at radius 2 is 1.73 bits per heavy atom. The molecule has 26 heavy (non-hydrogen) atoms. The van der Waals surface area contributed by atoms with E-state index in [0.717, 1.165) is 11.0 Å². The Balaban J connectivity index is 1.49. The molecule has 1 aromatic carbocycles. The van der Waals surface area contributed by atoms with Gasteiger partial charge >= 0.3 is 5.97 Å². The Kier molecular flexibility index (Phi) is 5.50. The van der Waals surface area contributed by atoms with Gasteiger partial charge in [-0.05, 0) is 31.0 Å². The van der Waals surface area contributed by atoms with Gasteiger partial charge in [-0.25, -0.2) is 4.98 Å². The number of H-pyrrole nitrogens is 1. The number of carboxylic acids is 1. The highest BCUT2D eigenvalue weighted by Crippen LogP contribution is 2.15. The minimum atomic E-state index is -0.835. The van der Waals surface area contributed by atoms with Crippen molar-refractivity contribution >= 4 is 28.8 Å². The zero-order valence-electron chi connectivity index (χ0n) is 14.5. The first kappa shape index (κ1) is 17.9. The Morgan fingerprint density at radius 3 is 2.46 bits per heavy atom. The molecule has 2 N–H and O–H groups in total. The normalized spacial score (nSPS) is 14.6. The molecule has 0 bridgehead atoms. The van der Waals surface area contributed by atoms with Gasteiger partial charge in [-0.3, -0.25) is 14.4 Å². The van der Waals surface area contributed by atoms with Crippen molar-refractivity contribution in [3.05, 3.63) is 30.1 Å². The third-order valence-electron chi connectivity index (χ3n) is 4.62. The van der Waals surface area contributed by atoms with Crippen molar-refractivity contribution < 1.29 is 19.5 Å². The highest BCUT2D eigenvalue weighted by molar-refractivity contribution is 5.97. The van der Waals surface area contributed by atoms with Crippen molar-refractivity contribution in [3.63, 3.8) is 0 Å². The molecule has 0 radical (unpaired) electrons. The molecule has 3 rings (SSSR count). The second kappa shape index (κ2) is 7.99. The SMILES string of the molecule is O=C(O)CCCCC(=O)N1CCN(C(=O)c2ccc3nc[nH]c3c2)CC1. The van der Waals surface area contributed by atoms with E-state index in [4.69, 9.17) is 5.11 Å². The zero-order chi connectivity index (χ0) is 18.5. The number of carbonyl (C=O) groups excluding carboxylic acids is 2. The molecule has 0 spiro atoms. The lowest BCUT2D eigenvalue weighted by Gasteiger charge is -2.35. The Bertz CT molecular complexity index is 808. The van der Waals surface area contributed by atoms with Crippen LogP contribution < -0.4 is 0 Å². The van der Waals surface area contributed by atoms with Gasteiger partial charge in [-0.2, -0.15) is 0 Å². The number of hydrogen-bond donors (Lipinski definition) is 2. The third kappa shape index (κ3) is 4.19. The van der Waals surface area contributed by atoms with Gasteiger partial charge < -0.3 is 19.9 Å². The molecule has 1 fully saturated rings. The average Bonchev–Trinajstić information content (AvgIpc) is 3.12. The monoisotopic (exact) mass is 358 g/mol. The van der Waals surface area contributed by atoms with Gasteiger partial charge in [0.05, 0.1) is 17.4 Å². The maximum atomic E-state index is 12.6. The summed E-state index contributed by atoms with van der Waals surface area (Å²) >= 11 is 0. The summed E-state index contributed by atoms with van der Waals surface area (Å²) in [5.41, 5.74) is 2.25. The van der Waals surface area contributed by atoms with E-state index >= 15 is 0 Å². The van der Waals surface area contributed by atoms with Crippen molar-refractivity contribution in [1.82, 2.24) is 19.8 Å². The van der Waals surface area contributed by atoms with Crippen LogP contribution >= 0.6 is 0 Å². The molecule has 8 heteroatoms. The predicted octanol–water partition coefficient (Wildman–Crippen LogP) is 1.49. The molecule has 8 nitrogen and oxygen atoms in total. The quantitative estimate of drug-likeness (QED) is 0.761. The summed E-state index contributed by atoms with van der Waals surface area (Å²) in [6.07, 6.45) is 3.14. The Labute approximate surface area is 150 Å². The van der Waals surface area contributed by atoms with Crippen molar-refractivity contribution in [1.29, 1.82) is 0 Å². The molecule has 1 saturated heterocycles. The van der Waals surface area contributed by atoms with Gasteiger partial charge in [0.25, 0.3) is 5.91 Å². The van der Waals surface area contributed by atoms with E-state index in [0.29, 0.717) is 51.0 Å². The lowest BCUT2D eigenvalue weighted by molar-refractivity contribution is -0.137. The third-order valence-corrected chi connectivity index (χ3v) is 4.62. The standard InChI is InChI=1S/C18H22N4O4/c23-16(3-1-2-4-17(24)25)21-7-9-22(10-8-21)18(26)13-5-6-14-15(11-13)20-12-19-14/h5-6,11-12H,1-4,7-10H2,(H,19,20)(H,24,25). The zero-order valence-corrected chi connectivity index (χ0v) is 14.5. The van der Waals surface area contributed by atoms with Crippen LogP contribution in [0.3, 0.4) is 0 Å². The van der Waals surface area contributed by atoms with Crippen LogP contribution in [0.5, 0.6) is 0 Å². The smallest absolute Gasteiger partial charge is 0.303 e. The van der Waals surface area contributed by atoms with Gasteiger partial charge in [0, 0.05) is 44.6 Å². The maximum absolute atomic E-state index is 12.6. The average molecular weight is 358 g/mol. The number of unbranched alkanes of at least 4 members (excludes halogenated alkanes) is 1. The number of carboxylic acid groups (broad SMARTS) is 1. The number of benzene rings is 1. The van der Waals surface area contributed by atoms with E-state index in [-0.39, 0.29) is 18.2 Å². The highest BCUT2D eigenvalue weighted by Gasteiger charge is 2.24. The van der Waals surface area contributed by atoms with E-state index in [2.05, 4.69) is 9.97 Å². The fraction of sp³-hybridized carbons (Fsp3) is 0.444. The van der Waals surface area contributed by atoms with Crippen LogP contribution in [0.2, 0.25) is 0 Å². The molecule has 1 aliphatic rings. The molecule has 1 aromatic heterocycles. The van der Waals surface area contributed by atoms with Crippen LogP contribution in [-0.4, -0.2) is 68.8 Å². The van der Waals surface area contributed by atoms with Crippen LogP contribution in [0.15, 0.2) is 24.5 Å². The molecule has 2 amide bonds. The summed E-state index contributed by atoms with van der Waals surface area (Å²) in [7, 11) is 0. The summed E-state index contributed by atoms with van der Waals surface area (Å²) in [5, 5.41) is 8.61. The van der Waals surface area contributed by atoms with Crippen LogP contribution in [0.1, 0.15) is 36.0 Å². The number of aromatic amines is 1. The van der Waals surface area contributed by atoms with Crippen molar-refractivity contribution in [2.45, 2.75) is 25.7 Å². The fourth-order valence-electron chi connectivity index (χ4n) is 3.12. The van der Waals surface area contributed by atoms with Crippen molar-refractivity contribution in [3.8, 4) is 0 Å². The summed E-state index contributed by atoms with van der Waals surface area (Å²) in [6, 6.07) is 5.38. The number of fused-ring (bicyclic) bond motifs is 1. The lowest BCUT2D eigenvalue weighted by atomic mass is 10.1. The number of imidazole rings is 1. The minimum Gasteiger partial charge on any atom is -0.481 e. The van der Waals surface area contributed by atoms with Crippen LogP contribution in [0.4, 0.5) is 0 Å². The summed E-state index contributed by atoms with van der Waals surface area (Å²) in [4.78, 5) is 46.0. The number of carbonyl (C=O) groups is 3. The number of nitrogens with zero attached hydrogens (tertiary/aromatic N) is 3. The largest absolute Gasteiger partial charge is 0.481 e. The van der Waals surface area contributed by atoms with Crippen LogP contribution in [0.25, 0.3) is 11.0 Å². The molecule has 138 valence electrons. The van der Waals surface area contributed by atoms with Gasteiger partial charge in [0.2, 0.25) is 5.91 Å². The second-order valence-corrected chi connectivity index (χ2v) is 6.41. The first-order valence-corrected chi connectivity index (χ1v) is 8.76. The predicted molar refractivity (Wildman–Crippen MR) is 94.7 cm³/mol. The number of piperazine rings is 1. The lowest BCUT2D eigenvalue weighted by Crippen LogP contribution is -2.50. The topological polar surface area (TPSA) is 107 Å². The van der Waals surface area contributed by atoms with E-state index < -0.39 is 5.97 Å². The van der Waals surface area contributed by atoms with Gasteiger partial charge in [-0.15, -0.1) is 0 Å².